The largest absolute Gasteiger partial charge is 0.310 e. The van der Waals surface area contributed by atoms with E-state index in [0.29, 0.717) is 6.04 Å². The molecule has 1 aromatic heterocycles. The van der Waals surface area contributed by atoms with E-state index in [0.717, 1.165) is 24.4 Å². The Morgan fingerprint density at radius 2 is 2.46 bits per heavy atom. The Bertz CT molecular complexity index is 327. The monoisotopic (exact) mass is 179 g/mol. The summed E-state index contributed by atoms with van der Waals surface area (Å²) in [4.78, 5) is 1.48. The summed E-state index contributed by atoms with van der Waals surface area (Å²) < 4.78 is 0. The zero-order valence-electron chi connectivity index (χ0n) is 7.86. The van der Waals surface area contributed by atoms with Gasteiger partial charge in [0.25, 0.3) is 0 Å². The molecule has 0 fully saturated rings. The third kappa shape index (κ3) is 1.75. The maximum Gasteiger partial charge on any atom is 0.201 e. The summed E-state index contributed by atoms with van der Waals surface area (Å²) in [5.74, 6) is 0.738. The van der Waals surface area contributed by atoms with Crippen molar-refractivity contribution in [3.8, 4) is 0 Å². The van der Waals surface area contributed by atoms with Gasteiger partial charge in [0.2, 0.25) is 5.82 Å². The summed E-state index contributed by atoms with van der Waals surface area (Å²) in [5.41, 5.74) is 1.14. The van der Waals surface area contributed by atoms with Gasteiger partial charge in [-0.15, -0.1) is 10.2 Å². The van der Waals surface area contributed by atoms with Crippen LogP contribution in [0.1, 0.15) is 19.2 Å². The van der Waals surface area contributed by atoms with Crippen LogP contribution in [0.25, 0.3) is 5.57 Å². The average molecular weight is 179 g/mol. The number of aromatic nitrogens is 4. The molecule has 1 unspecified atom stereocenters. The highest BCUT2D eigenvalue weighted by Gasteiger charge is 2.13. The Kier molecular flexibility index (Phi) is 2.10. The molecule has 0 saturated carbocycles. The van der Waals surface area contributed by atoms with Gasteiger partial charge in [-0.25, -0.2) is 0 Å². The van der Waals surface area contributed by atoms with Crippen molar-refractivity contribution in [2.45, 2.75) is 19.4 Å². The molecule has 5 nitrogen and oxygen atoms in total. The molecule has 70 valence electrons. The van der Waals surface area contributed by atoms with Crippen LogP contribution in [0, 0.1) is 0 Å². The van der Waals surface area contributed by atoms with E-state index in [1.807, 2.05) is 0 Å². The van der Waals surface area contributed by atoms with E-state index in [1.165, 1.54) is 4.80 Å². The van der Waals surface area contributed by atoms with Crippen LogP contribution < -0.4 is 5.32 Å². The Morgan fingerprint density at radius 3 is 3.00 bits per heavy atom. The van der Waals surface area contributed by atoms with E-state index >= 15 is 0 Å². The zero-order chi connectivity index (χ0) is 9.26. The van der Waals surface area contributed by atoms with Crippen LogP contribution in [0.4, 0.5) is 0 Å². The smallest absolute Gasteiger partial charge is 0.201 e. The van der Waals surface area contributed by atoms with E-state index in [9.17, 15) is 0 Å². The minimum absolute atomic E-state index is 0.556. The third-order valence-electron chi connectivity index (χ3n) is 2.15. The van der Waals surface area contributed by atoms with Crippen molar-refractivity contribution in [3.63, 3.8) is 0 Å². The summed E-state index contributed by atoms with van der Waals surface area (Å²) in [7, 11) is 1.77. The number of hydrogen-bond acceptors (Lipinski definition) is 4. The number of rotatable bonds is 1. The first-order valence-corrected chi connectivity index (χ1v) is 4.42. The number of nitrogens with zero attached hydrogens (tertiary/aromatic N) is 4. The highest BCUT2D eigenvalue weighted by atomic mass is 15.6. The number of nitrogens with one attached hydrogen (secondary N) is 1. The summed E-state index contributed by atoms with van der Waals surface area (Å²) in [6.45, 7) is 3.00. The van der Waals surface area contributed by atoms with Crippen molar-refractivity contribution >= 4 is 5.57 Å². The predicted octanol–water partition coefficient (Wildman–Crippen LogP) is -0.0247. The molecule has 1 aliphatic heterocycles. The standard InChI is InChI=1S/C8H13N5/c1-6-3-4-7(5-9-6)8-10-12-13(2)11-8/h4,6,9H,3,5H2,1-2H3. The van der Waals surface area contributed by atoms with Crippen LogP contribution in [-0.2, 0) is 7.05 Å². The lowest BCUT2D eigenvalue weighted by Crippen LogP contribution is -2.30. The summed E-state index contributed by atoms with van der Waals surface area (Å²) in [6, 6.07) is 0.556. The lowest BCUT2D eigenvalue weighted by atomic mass is 10.1. The Hall–Kier alpha value is -1.23. The molecule has 1 aromatic rings. The number of hydrogen-bond donors (Lipinski definition) is 1. The first kappa shape index (κ1) is 8.37. The maximum atomic E-state index is 4.15. The topological polar surface area (TPSA) is 55.6 Å². The van der Waals surface area contributed by atoms with Crippen LogP contribution in [0.2, 0.25) is 0 Å². The summed E-state index contributed by atoms with van der Waals surface area (Å²) in [5, 5.41) is 15.3. The zero-order valence-corrected chi connectivity index (χ0v) is 7.86. The van der Waals surface area contributed by atoms with Gasteiger partial charge in [-0.05, 0) is 18.6 Å². The van der Waals surface area contributed by atoms with Crippen LogP contribution in [0.3, 0.4) is 0 Å². The van der Waals surface area contributed by atoms with E-state index in [4.69, 9.17) is 0 Å². The molecule has 1 aliphatic rings. The molecule has 0 aromatic carbocycles. The van der Waals surface area contributed by atoms with Crippen molar-refractivity contribution in [2.24, 2.45) is 7.05 Å². The molecule has 1 N–H and O–H groups in total. The van der Waals surface area contributed by atoms with Gasteiger partial charge in [0, 0.05) is 18.2 Å². The molecule has 0 radical (unpaired) electrons. The molecular formula is C8H13N5. The maximum absolute atomic E-state index is 4.15. The second kappa shape index (κ2) is 3.26. The van der Waals surface area contributed by atoms with Gasteiger partial charge in [0.1, 0.15) is 0 Å². The van der Waals surface area contributed by atoms with Crippen LogP contribution in [-0.4, -0.2) is 32.8 Å². The van der Waals surface area contributed by atoms with Crippen molar-refractivity contribution in [1.82, 2.24) is 25.5 Å². The van der Waals surface area contributed by atoms with Crippen molar-refractivity contribution in [3.05, 3.63) is 11.9 Å². The minimum Gasteiger partial charge on any atom is -0.310 e. The van der Waals surface area contributed by atoms with Gasteiger partial charge in [-0.1, -0.05) is 6.08 Å². The highest BCUT2D eigenvalue weighted by Crippen LogP contribution is 2.13. The van der Waals surface area contributed by atoms with Crippen molar-refractivity contribution < 1.29 is 0 Å². The molecule has 0 saturated heterocycles. The molecule has 0 aliphatic carbocycles. The first-order chi connectivity index (χ1) is 6.25. The minimum atomic E-state index is 0.556. The molecule has 1 atom stereocenters. The molecule has 0 amide bonds. The fraction of sp³-hybridized carbons (Fsp3) is 0.625. The average Bonchev–Trinajstić information content (AvgIpc) is 2.53. The molecule has 0 spiro atoms. The fourth-order valence-electron chi connectivity index (χ4n) is 1.34. The summed E-state index contributed by atoms with van der Waals surface area (Å²) >= 11 is 0. The predicted molar refractivity (Wildman–Crippen MR) is 48.9 cm³/mol. The van der Waals surface area contributed by atoms with Gasteiger partial charge >= 0.3 is 0 Å². The van der Waals surface area contributed by atoms with E-state index in [1.54, 1.807) is 7.05 Å². The third-order valence-corrected chi connectivity index (χ3v) is 2.15. The van der Waals surface area contributed by atoms with Crippen molar-refractivity contribution in [1.29, 1.82) is 0 Å². The molecule has 0 bridgehead atoms. The van der Waals surface area contributed by atoms with Gasteiger partial charge in [-0.2, -0.15) is 4.80 Å². The van der Waals surface area contributed by atoms with Crippen molar-refractivity contribution in [2.75, 3.05) is 6.54 Å². The Labute approximate surface area is 76.8 Å². The lowest BCUT2D eigenvalue weighted by Gasteiger charge is -2.17. The molecular weight excluding hydrogens is 166 g/mol. The van der Waals surface area contributed by atoms with Gasteiger partial charge in [0.05, 0.1) is 7.05 Å². The second-order valence-corrected chi connectivity index (χ2v) is 3.35. The SMILES string of the molecule is CC1CC=C(c2nnn(C)n2)CN1. The van der Waals surface area contributed by atoms with Crippen LogP contribution in [0.15, 0.2) is 6.08 Å². The normalized spacial score (nSPS) is 22.9. The molecule has 2 heterocycles. The highest BCUT2D eigenvalue weighted by molar-refractivity contribution is 5.61. The molecule has 2 rings (SSSR count). The Balaban J connectivity index is 2.18. The molecule has 13 heavy (non-hydrogen) atoms. The lowest BCUT2D eigenvalue weighted by molar-refractivity contribution is 0.575. The Morgan fingerprint density at radius 1 is 1.62 bits per heavy atom. The van der Waals surface area contributed by atoms with Gasteiger partial charge < -0.3 is 5.32 Å². The fourth-order valence-corrected chi connectivity index (χ4v) is 1.34. The van der Waals surface area contributed by atoms with Crippen LogP contribution in [0.5, 0.6) is 0 Å². The quantitative estimate of drug-likeness (QED) is 0.658. The number of aryl methyl sites for hydroxylation is 1. The van der Waals surface area contributed by atoms with Crippen LogP contribution >= 0.6 is 0 Å². The van der Waals surface area contributed by atoms with E-state index < -0.39 is 0 Å². The molecule has 5 heteroatoms. The van der Waals surface area contributed by atoms with E-state index in [-0.39, 0.29) is 0 Å². The van der Waals surface area contributed by atoms with E-state index in [2.05, 4.69) is 33.7 Å². The second-order valence-electron chi connectivity index (χ2n) is 3.35. The first-order valence-electron chi connectivity index (χ1n) is 4.42. The van der Waals surface area contributed by atoms with Gasteiger partial charge in [-0.3, -0.25) is 0 Å². The number of tetrazole rings is 1. The van der Waals surface area contributed by atoms with Gasteiger partial charge in [0.15, 0.2) is 0 Å². The summed E-state index contributed by atoms with van der Waals surface area (Å²) in [6.07, 6.45) is 3.21.